The van der Waals surface area contributed by atoms with E-state index in [1.54, 1.807) is 13.8 Å². The van der Waals surface area contributed by atoms with Gasteiger partial charge in [0.1, 0.15) is 26.9 Å². The number of halogens is 1. The monoisotopic (exact) mass is 512 g/mol. The summed E-state index contributed by atoms with van der Waals surface area (Å²) in [7, 11) is 1.50. The van der Waals surface area contributed by atoms with E-state index in [2.05, 4.69) is 15.5 Å². The van der Waals surface area contributed by atoms with E-state index in [9.17, 15) is 18.8 Å². The predicted molar refractivity (Wildman–Crippen MR) is 133 cm³/mol. The lowest BCUT2D eigenvalue weighted by molar-refractivity contribution is -0.131. The number of amides is 1. The number of nitrogens with one attached hydrogen (secondary N) is 1. The number of nitrogens with zero attached hydrogens (tertiary/aromatic N) is 5. The minimum Gasteiger partial charge on any atom is -0.496 e. The van der Waals surface area contributed by atoms with Gasteiger partial charge in [-0.05, 0) is 56.9 Å². The second kappa shape index (κ2) is 9.01. The Kier molecular flexibility index (Phi) is 5.99. The highest BCUT2D eigenvalue weighted by molar-refractivity contribution is 7.21. The standard InChI is InChI=1S/C24H25FN6O4S/c1-14-18-19(32)30(24(2)8-4-9-26-22(24)33)23(34)29(21(18)36-20(14)31-27-10-11-28-31)12-7-15-13-16(25)5-6-17(15)35-3/h5-6,10-11,13H,4,7-9,12H2,1-3H3,(H,26,33). The van der Waals surface area contributed by atoms with Gasteiger partial charge in [-0.2, -0.15) is 10.2 Å². The van der Waals surface area contributed by atoms with Gasteiger partial charge < -0.3 is 10.1 Å². The summed E-state index contributed by atoms with van der Waals surface area (Å²) in [6, 6.07) is 4.21. The van der Waals surface area contributed by atoms with Gasteiger partial charge in [-0.25, -0.2) is 13.8 Å². The van der Waals surface area contributed by atoms with E-state index in [4.69, 9.17) is 4.74 Å². The maximum Gasteiger partial charge on any atom is 0.333 e. The van der Waals surface area contributed by atoms with E-state index < -0.39 is 22.6 Å². The third-order valence-corrected chi connectivity index (χ3v) is 8.02. The first-order chi connectivity index (χ1) is 17.3. The molecule has 3 aromatic heterocycles. The number of benzene rings is 1. The Bertz CT molecular complexity index is 1590. The molecule has 5 rings (SSSR count). The van der Waals surface area contributed by atoms with E-state index in [-0.39, 0.29) is 18.9 Å². The fraction of sp³-hybridized carbons (Fsp3) is 0.375. The molecular formula is C24H25FN6O4S. The van der Waals surface area contributed by atoms with Crippen LogP contribution >= 0.6 is 11.3 Å². The smallest absolute Gasteiger partial charge is 0.333 e. The minimum atomic E-state index is -1.34. The van der Waals surface area contributed by atoms with Crippen LogP contribution < -0.4 is 21.3 Å². The van der Waals surface area contributed by atoms with Crippen molar-refractivity contribution in [3.8, 4) is 10.8 Å². The van der Waals surface area contributed by atoms with Crippen molar-refractivity contribution in [2.45, 2.75) is 45.2 Å². The molecule has 0 bridgehead atoms. The molecule has 1 N–H and O–H groups in total. The van der Waals surface area contributed by atoms with Crippen LogP contribution in [-0.4, -0.2) is 43.7 Å². The number of ether oxygens (including phenoxy) is 1. The van der Waals surface area contributed by atoms with Gasteiger partial charge in [0, 0.05) is 18.7 Å². The SMILES string of the molecule is COc1ccc(F)cc1CCn1c(=O)n(C2(C)CCCNC2=O)c(=O)c2c(C)c(-n3nccn3)sc21. The normalized spacial score (nSPS) is 17.9. The van der Waals surface area contributed by atoms with Crippen molar-refractivity contribution in [3.63, 3.8) is 0 Å². The van der Waals surface area contributed by atoms with Gasteiger partial charge in [-0.1, -0.05) is 11.3 Å². The molecule has 0 saturated carbocycles. The van der Waals surface area contributed by atoms with Gasteiger partial charge in [-0.3, -0.25) is 14.2 Å². The number of aryl methyl sites for hydroxylation is 3. The second-order valence-electron chi connectivity index (χ2n) is 8.95. The molecular weight excluding hydrogens is 487 g/mol. The third kappa shape index (κ3) is 3.72. The Hall–Kier alpha value is -3.80. The van der Waals surface area contributed by atoms with Crippen molar-refractivity contribution >= 4 is 27.5 Å². The summed E-state index contributed by atoms with van der Waals surface area (Å²) in [4.78, 5) is 42.5. The molecule has 1 saturated heterocycles. The molecule has 1 fully saturated rings. The van der Waals surface area contributed by atoms with Crippen LogP contribution in [0.2, 0.25) is 0 Å². The van der Waals surface area contributed by atoms with Gasteiger partial charge >= 0.3 is 5.69 Å². The van der Waals surface area contributed by atoms with Crippen LogP contribution in [0.1, 0.15) is 30.9 Å². The summed E-state index contributed by atoms with van der Waals surface area (Å²) in [5.74, 6) is -0.289. The number of rotatable bonds is 6. The maximum absolute atomic E-state index is 14.0. The van der Waals surface area contributed by atoms with Crippen molar-refractivity contribution in [1.82, 2.24) is 29.4 Å². The topological polar surface area (TPSA) is 113 Å². The molecule has 188 valence electrons. The molecule has 4 heterocycles. The number of thiophene rings is 1. The zero-order valence-electron chi connectivity index (χ0n) is 20.1. The fourth-order valence-electron chi connectivity index (χ4n) is 4.81. The van der Waals surface area contributed by atoms with Crippen LogP contribution in [0.25, 0.3) is 15.2 Å². The van der Waals surface area contributed by atoms with Crippen LogP contribution in [0.15, 0.2) is 40.2 Å². The zero-order chi connectivity index (χ0) is 25.6. The molecule has 0 spiro atoms. The van der Waals surface area contributed by atoms with Crippen molar-refractivity contribution < 1.29 is 13.9 Å². The molecule has 1 unspecified atom stereocenters. The molecule has 1 aliphatic rings. The first-order valence-electron chi connectivity index (χ1n) is 11.5. The summed E-state index contributed by atoms with van der Waals surface area (Å²) in [5.41, 5.74) is -1.26. The lowest BCUT2D eigenvalue weighted by Crippen LogP contribution is -2.59. The molecule has 36 heavy (non-hydrogen) atoms. The number of carbonyl (C=O) groups is 1. The number of methoxy groups -OCH3 is 1. The van der Waals surface area contributed by atoms with E-state index in [0.717, 1.165) is 4.57 Å². The minimum absolute atomic E-state index is 0.138. The number of hydrogen-bond donors (Lipinski definition) is 1. The van der Waals surface area contributed by atoms with Crippen molar-refractivity contribution in [2.24, 2.45) is 0 Å². The van der Waals surface area contributed by atoms with Gasteiger partial charge in [0.05, 0.1) is 24.9 Å². The summed E-state index contributed by atoms with van der Waals surface area (Å²) in [6.45, 7) is 4.02. The molecule has 0 aliphatic carbocycles. The molecule has 4 aromatic rings. The van der Waals surface area contributed by atoms with Crippen molar-refractivity contribution in [3.05, 3.63) is 68.4 Å². The number of carbonyl (C=O) groups excluding carboxylic acids is 1. The molecule has 1 aliphatic heterocycles. The summed E-state index contributed by atoms with van der Waals surface area (Å²) in [6.07, 6.45) is 4.31. The highest BCUT2D eigenvalue weighted by Crippen LogP contribution is 2.32. The van der Waals surface area contributed by atoms with Crippen molar-refractivity contribution in [1.29, 1.82) is 0 Å². The van der Waals surface area contributed by atoms with Crippen molar-refractivity contribution in [2.75, 3.05) is 13.7 Å². The average Bonchev–Trinajstić information content (AvgIpc) is 3.49. The van der Waals surface area contributed by atoms with Crippen LogP contribution in [0.3, 0.4) is 0 Å². The third-order valence-electron chi connectivity index (χ3n) is 6.74. The highest BCUT2D eigenvalue weighted by Gasteiger charge is 2.41. The number of fused-ring (bicyclic) bond motifs is 1. The predicted octanol–water partition coefficient (Wildman–Crippen LogP) is 2.13. The first kappa shape index (κ1) is 23.9. The number of piperidine rings is 1. The molecule has 0 radical (unpaired) electrons. The molecule has 12 heteroatoms. The lowest BCUT2D eigenvalue weighted by Gasteiger charge is -2.34. The molecule has 10 nitrogen and oxygen atoms in total. The van der Waals surface area contributed by atoms with E-state index in [1.807, 2.05) is 0 Å². The Morgan fingerprint density at radius 1 is 1.22 bits per heavy atom. The van der Waals surface area contributed by atoms with Gasteiger partial charge in [0.25, 0.3) is 5.56 Å². The summed E-state index contributed by atoms with van der Waals surface area (Å²) in [5, 5.41) is 12.1. The number of aromatic nitrogens is 5. The molecule has 1 atom stereocenters. The molecule has 1 amide bonds. The fourth-order valence-corrected chi connectivity index (χ4v) is 6.04. The van der Waals surface area contributed by atoms with Gasteiger partial charge in [0.15, 0.2) is 0 Å². The highest BCUT2D eigenvalue weighted by atomic mass is 32.1. The van der Waals surface area contributed by atoms with Crippen LogP contribution in [0.5, 0.6) is 5.75 Å². The Balaban J connectivity index is 1.75. The first-order valence-corrected chi connectivity index (χ1v) is 12.3. The summed E-state index contributed by atoms with van der Waals surface area (Å²) >= 11 is 1.22. The zero-order valence-corrected chi connectivity index (χ0v) is 20.9. The second-order valence-corrected chi connectivity index (χ2v) is 9.92. The van der Waals surface area contributed by atoms with Crippen LogP contribution in [0.4, 0.5) is 4.39 Å². The Labute approximate surface area is 208 Å². The average molecular weight is 513 g/mol. The van der Waals surface area contributed by atoms with E-state index in [1.165, 1.54) is 58.4 Å². The Morgan fingerprint density at radius 2 is 1.97 bits per heavy atom. The Morgan fingerprint density at radius 3 is 2.67 bits per heavy atom. The largest absolute Gasteiger partial charge is 0.496 e. The lowest BCUT2D eigenvalue weighted by atomic mass is 9.91. The maximum atomic E-state index is 14.0. The summed E-state index contributed by atoms with van der Waals surface area (Å²) < 4.78 is 21.9. The quantitative estimate of drug-likeness (QED) is 0.424. The van der Waals surface area contributed by atoms with Gasteiger partial charge in [-0.15, -0.1) is 4.80 Å². The number of hydrogen-bond acceptors (Lipinski definition) is 7. The molecule has 1 aromatic carbocycles. The van der Waals surface area contributed by atoms with E-state index >= 15 is 0 Å². The van der Waals surface area contributed by atoms with Gasteiger partial charge in [0.2, 0.25) is 5.91 Å². The van der Waals surface area contributed by atoms with E-state index in [0.29, 0.717) is 51.5 Å². The van der Waals surface area contributed by atoms with Crippen LogP contribution in [0, 0.1) is 12.7 Å². The van der Waals surface area contributed by atoms with Crippen LogP contribution in [-0.2, 0) is 23.3 Å².